The predicted octanol–water partition coefficient (Wildman–Crippen LogP) is 2.11. The highest BCUT2D eigenvalue weighted by molar-refractivity contribution is 9.10. The number of hydrogen-bond acceptors (Lipinski definition) is 4. The molecule has 1 aliphatic heterocycles. The number of rotatable bonds is 4. The average molecular weight is 340 g/mol. The van der Waals surface area contributed by atoms with E-state index >= 15 is 0 Å². The zero-order chi connectivity index (χ0) is 12.3. The maximum absolute atomic E-state index is 12.0. The lowest BCUT2D eigenvalue weighted by atomic mass is 10.2. The third kappa shape index (κ3) is 3.51. The molecule has 1 aliphatic rings. The first-order valence-electron chi connectivity index (χ1n) is 5.37. The van der Waals surface area contributed by atoms with Crippen molar-refractivity contribution in [1.82, 2.24) is 4.72 Å². The zero-order valence-corrected chi connectivity index (χ0v) is 12.4. The van der Waals surface area contributed by atoms with Crippen LogP contribution in [0.25, 0.3) is 0 Å². The fraction of sp³-hybridized carbons (Fsp3) is 0.600. The Balaban J connectivity index is 1.95. The molecular weight excluding hydrogens is 326 g/mol. The molecule has 0 spiro atoms. The summed E-state index contributed by atoms with van der Waals surface area (Å²) in [6, 6.07) is 1.92. The Hall–Kier alpha value is 0.0500. The molecule has 2 heterocycles. The Morgan fingerprint density at radius 2 is 2.18 bits per heavy atom. The SMILES string of the molecule is O=S(=O)(NCc1sccc1Br)C1CCOCC1. The second kappa shape index (κ2) is 5.79. The van der Waals surface area contributed by atoms with Gasteiger partial charge in [-0.1, -0.05) is 0 Å². The van der Waals surface area contributed by atoms with Crippen LogP contribution in [0.4, 0.5) is 0 Å². The summed E-state index contributed by atoms with van der Waals surface area (Å²) in [6.45, 7) is 1.43. The van der Waals surface area contributed by atoms with Gasteiger partial charge >= 0.3 is 0 Å². The van der Waals surface area contributed by atoms with Crippen LogP contribution in [0.1, 0.15) is 17.7 Å². The van der Waals surface area contributed by atoms with Gasteiger partial charge in [0, 0.05) is 29.1 Å². The van der Waals surface area contributed by atoms with Crippen LogP contribution in [0.3, 0.4) is 0 Å². The summed E-state index contributed by atoms with van der Waals surface area (Å²) >= 11 is 4.92. The Morgan fingerprint density at radius 1 is 1.47 bits per heavy atom. The summed E-state index contributed by atoms with van der Waals surface area (Å²) in [7, 11) is -3.22. The van der Waals surface area contributed by atoms with Crippen molar-refractivity contribution in [3.8, 4) is 0 Å². The van der Waals surface area contributed by atoms with Crippen LogP contribution in [-0.2, 0) is 21.3 Å². The minimum Gasteiger partial charge on any atom is -0.381 e. The normalized spacial score (nSPS) is 18.4. The van der Waals surface area contributed by atoms with Gasteiger partial charge in [0.2, 0.25) is 10.0 Å². The monoisotopic (exact) mass is 339 g/mol. The predicted molar refractivity (Wildman–Crippen MR) is 71.6 cm³/mol. The molecule has 96 valence electrons. The lowest BCUT2D eigenvalue weighted by molar-refractivity contribution is 0.0981. The van der Waals surface area contributed by atoms with Crippen molar-refractivity contribution in [2.45, 2.75) is 24.6 Å². The summed E-state index contributed by atoms with van der Waals surface area (Å²) in [4.78, 5) is 1.00. The van der Waals surface area contributed by atoms with Gasteiger partial charge in [-0.2, -0.15) is 0 Å². The fourth-order valence-corrected chi connectivity index (χ4v) is 4.64. The van der Waals surface area contributed by atoms with Crippen LogP contribution in [0.15, 0.2) is 15.9 Å². The van der Waals surface area contributed by atoms with Gasteiger partial charge in [0.05, 0.1) is 5.25 Å². The second-order valence-corrected chi connectivity index (χ2v) is 7.77. The molecule has 1 aromatic heterocycles. The maximum Gasteiger partial charge on any atom is 0.214 e. The van der Waals surface area contributed by atoms with E-state index in [4.69, 9.17) is 4.74 Å². The van der Waals surface area contributed by atoms with Crippen LogP contribution in [0.2, 0.25) is 0 Å². The van der Waals surface area contributed by atoms with Gasteiger partial charge < -0.3 is 4.74 Å². The van der Waals surface area contributed by atoms with E-state index in [1.54, 1.807) is 0 Å². The van der Waals surface area contributed by atoms with Crippen LogP contribution in [0.5, 0.6) is 0 Å². The third-order valence-corrected chi connectivity index (χ3v) is 6.55. The van der Waals surface area contributed by atoms with E-state index < -0.39 is 10.0 Å². The number of sulfonamides is 1. The molecule has 0 amide bonds. The van der Waals surface area contributed by atoms with E-state index in [1.807, 2.05) is 11.4 Å². The summed E-state index contributed by atoms with van der Waals surface area (Å²) in [5.74, 6) is 0. The molecule has 0 aromatic carbocycles. The molecule has 2 rings (SSSR count). The Labute approximate surface area is 114 Å². The van der Waals surface area contributed by atoms with Gasteiger partial charge in [-0.25, -0.2) is 13.1 Å². The molecule has 0 radical (unpaired) electrons. The molecule has 0 saturated carbocycles. The van der Waals surface area contributed by atoms with E-state index in [-0.39, 0.29) is 5.25 Å². The maximum atomic E-state index is 12.0. The zero-order valence-electron chi connectivity index (χ0n) is 9.19. The molecule has 0 unspecified atom stereocenters. The van der Waals surface area contributed by atoms with Gasteiger partial charge in [-0.05, 0) is 40.2 Å². The Morgan fingerprint density at radius 3 is 2.76 bits per heavy atom. The van der Waals surface area contributed by atoms with Crippen LogP contribution in [0, 0.1) is 0 Å². The summed E-state index contributed by atoms with van der Waals surface area (Å²) in [5, 5.41) is 1.62. The topological polar surface area (TPSA) is 55.4 Å². The lowest BCUT2D eigenvalue weighted by Gasteiger charge is -2.22. The largest absolute Gasteiger partial charge is 0.381 e. The highest BCUT2D eigenvalue weighted by atomic mass is 79.9. The van der Waals surface area contributed by atoms with E-state index in [1.165, 1.54) is 11.3 Å². The molecule has 1 N–H and O–H groups in total. The quantitative estimate of drug-likeness (QED) is 0.913. The van der Waals surface area contributed by atoms with Crippen molar-refractivity contribution in [2.75, 3.05) is 13.2 Å². The highest BCUT2D eigenvalue weighted by Gasteiger charge is 2.27. The van der Waals surface area contributed by atoms with Crippen LogP contribution in [-0.4, -0.2) is 26.9 Å². The van der Waals surface area contributed by atoms with Crippen molar-refractivity contribution in [3.05, 3.63) is 20.8 Å². The summed E-state index contributed by atoms with van der Waals surface area (Å²) < 4.78 is 32.8. The average Bonchev–Trinajstić information content (AvgIpc) is 2.74. The summed E-state index contributed by atoms with van der Waals surface area (Å²) in [5.41, 5.74) is 0. The van der Waals surface area contributed by atoms with Crippen LogP contribution >= 0.6 is 27.3 Å². The van der Waals surface area contributed by atoms with Gasteiger partial charge in [0.25, 0.3) is 0 Å². The second-order valence-electron chi connectivity index (χ2n) is 3.87. The van der Waals surface area contributed by atoms with Crippen molar-refractivity contribution in [1.29, 1.82) is 0 Å². The van der Waals surface area contributed by atoms with Gasteiger partial charge in [-0.3, -0.25) is 0 Å². The molecule has 4 nitrogen and oxygen atoms in total. The summed E-state index contributed by atoms with van der Waals surface area (Å²) in [6.07, 6.45) is 1.17. The molecule has 0 atom stereocenters. The minimum absolute atomic E-state index is 0.310. The van der Waals surface area contributed by atoms with Gasteiger partial charge in [0.15, 0.2) is 0 Å². The first-order valence-corrected chi connectivity index (χ1v) is 8.59. The molecule has 7 heteroatoms. The first kappa shape index (κ1) is 13.5. The number of thiophene rings is 1. The van der Waals surface area contributed by atoms with E-state index in [9.17, 15) is 8.42 Å². The molecule has 0 bridgehead atoms. The molecule has 1 aromatic rings. The number of ether oxygens (including phenoxy) is 1. The number of hydrogen-bond donors (Lipinski definition) is 1. The smallest absolute Gasteiger partial charge is 0.214 e. The van der Waals surface area contributed by atoms with Crippen molar-refractivity contribution >= 4 is 37.3 Å². The highest BCUT2D eigenvalue weighted by Crippen LogP contribution is 2.23. The van der Waals surface area contributed by atoms with E-state index in [2.05, 4.69) is 20.7 Å². The molecule has 17 heavy (non-hydrogen) atoms. The van der Waals surface area contributed by atoms with Crippen molar-refractivity contribution < 1.29 is 13.2 Å². The van der Waals surface area contributed by atoms with Crippen molar-refractivity contribution in [2.24, 2.45) is 0 Å². The fourth-order valence-electron chi connectivity index (χ4n) is 1.72. The van der Waals surface area contributed by atoms with E-state index in [0.717, 1.165) is 9.35 Å². The Kier molecular flexibility index (Phi) is 4.59. The van der Waals surface area contributed by atoms with Gasteiger partial charge in [0.1, 0.15) is 0 Å². The van der Waals surface area contributed by atoms with Crippen LogP contribution < -0.4 is 4.72 Å². The third-order valence-electron chi connectivity index (χ3n) is 2.73. The van der Waals surface area contributed by atoms with E-state index in [0.29, 0.717) is 32.6 Å². The lowest BCUT2D eigenvalue weighted by Crippen LogP contribution is -2.37. The molecule has 1 saturated heterocycles. The number of nitrogens with one attached hydrogen (secondary N) is 1. The minimum atomic E-state index is -3.22. The first-order chi connectivity index (χ1) is 8.09. The number of halogens is 1. The Bertz CT molecular complexity index is 466. The standard InChI is InChI=1S/C10H14BrNO3S2/c11-9-3-6-16-10(9)7-12-17(13,14)8-1-4-15-5-2-8/h3,6,8,12H,1-2,4-5,7H2. The molecular formula is C10H14BrNO3S2. The molecule has 1 fully saturated rings. The van der Waals surface area contributed by atoms with Crippen molar-refractivity contribution in [3.63, 3.8) is 0 Å². The molecule has 0 aliphatic carbocycles. The van der Waals surface area contributed by atoms with Gasteiger partial charge in [-0.15, -0.1) is 11.3 Å².